The van der Waals surface area contributed by atoms with Gasteiger partial charge in [-0.2, -0.15) is 0 Å². The third kappa shape index (κ3) is 2.78. The molecule has 1 aliphatic rings. The summed E-state index contributed by atoms with van der Waals surface area (Å²) in [5.41, 5.74) is 9.61. The second kappa shape index (κ2) is 5.80. The van der Waals surface area contributed by atoms with E-state index in [0.29, 0.717) is 6.04 Å². The van der Waals surface area contributed by atoms with Crippen molar-refractivity contribution in [1.29, 1.82) is 0 Å². The number of benzene rings is 1. The molecule has 0 radical (unpaired) electrons. The largest absolute Gasteiger partial charge is 0.380 e. The van der Waals surface area contributed by atoms with Gasteiger partial charge in [-0.1, -0.05) is 37.5 Å². The van der Waals surface area contributed by atoms with Gasteiger partial charge >= 0.3 is 0 Å². The van der Waals surface area contributed by atoms with Crippen molar-refractivity contribution in [2.24, 2.45) is 5.73 Å². The Kier molecular flexibility index (Phi) is 3.88. The first-order valence-corrected chi connectivity index (χ1v) is 7.62. The third-order valence-electron chi connectivity index (χ3n) is 4.25. The second-order valence-electron chi connectivity index (χ2n) is 5.88. The molecule has 2 aromatic rings. The van der Waals surface area contributed by atoms with Crippen molar-refractivity contribution < 1.29 is 0 Å². The van der Waals surface area contributed by atoms with Gasteiger partial charge in [-0.15, -0.1) is 0 Å². The fourth-order valence-corrected chi connectivity index (χ4v) is 3.14. The smallest absolute Gasteiger partial charge is 0.0725 e. The molecule has 2 unspecified atom stereocenters. The number of aryl methyl sites for hydroxylation is 1. The molecule has 0 amide bonds. The number of para-hydroxylation sites is 1. The van der Waals surface area contributed by atoms with Crippen LogP contribution in [-0.4, -0.2) is 17.1 Å². The summed E-state index contributed by atoms with van der Waals surface area (Å²) >= 11 is 0. The van der Waals surface area contributed by atoms with Crippen molar-refractivity contribution in [3.05, 3.63) is 36.0 Å². The van der Waals surface area contributed by atoms with E-state index in [-0.39, 0.29) is 6.04 Å². The van der Waals surface area contributed by atoms with Crippen molar-refractivity contribution in [2.45, 2.75) is 51.1 Å². The Morgan fingerprint density at radius 3 is 2.85 bits per heavy atom. The van der Waals surface area contributed by atoms with E-state index in [1.807, 2.05) is 13.0 Å². The molecule has 3 heteroatoms. The number of hydrogen-bond donors (Lipinski definition) is 2. The first-order valence-electron chi connectivity index (χ1n) is 7.62. The average molecular weight is 269 g/mol. The van der Waals surface area contributed by atoms with E-state index >= 15 is 0 Å². The number of nitrogens with two attached hydrogens (primary N) is 1. The third-order valence-corrected chi connectivity index (χ3v) is 4.25. The van der Waals surface area contributed by atoms with Crippen molar-refractivity contribution >= 4 is 16.6 Å². The van der Waals surface area contributed by atoms with Gasteiger partial charge < -0.3 is 11.1 Å². The van der Waals surface area contributed by atoms with Crippen molar-refractivity contribution in [2.75, 3.05) is 5.32 Å². The van der Waals surface area contributed by atoms with Crippen LogP contribution in [0.2, 0.25) is 0 Å². The summed E-state index contributed by atoms with van der Waals surface area (Å²) in [6, 6.07) is 11.1. The lowest BCUT2D eigenvalue weighted by molar-refractivity contribution is 0.529. The number of fused-ring (bicyclic) bond motifs is 1. The molecule has 1 fully saturated rings. The van der Waals surface area contributed by atoms with Crippen LogP contribution in [0.15, 0.2) is 30.3 Å². The average Bonchev–Trinajstić information content (AvgIpc) is 2.64. The van der Waals surface area contributed by atoms with Gasteiger partial charge in [0.25, 0.3) is 0 Å². The first kappa shape index (κ1) is 13.4. The topological polar surface area (TPSA) is 50.9 Å². The van der Waals surface area contributed by atoms with Crippen LogP contribution in [0.5, 0.6) is 0 Å². The molecule has 1 aromatic heterocycles. The molecule has 1 heterocycles. The van der Waals surface area contributed by atoms with E-state index < -0.39 is 0 Å². The maximum atomic E-state index is 6.33. The van der Waals surface area contributed by atoms with Gasteiger partial charge in [-0.3, -0.25) is 4.98 Å². The molecular weight excluding hydrogens is 246 g/mol. The quantitative estimate of drug-likeness (QED) is 0.819. The summed E-state index contributed by atoms with van der Waals surface area (Å²) in [7, 11) is 0. The predicted octanol–water partition coefficient (Wildman–Crippen LogP) is 3.62. The van der Waals surface area contributed by atoms with Crippen LogP contribution >= 0.6 is 0 Å². The molecule has 0 bridgehead atoms. The Labute approximate surface area is 120 Å². The molecule has 0 aliphatic heterocycles. The van der Waals surface area contributed by atoms with Crippen molar-refractivity contribution in [3.63, 3.8) is 0 Å². The van der Waals surface area contributed by atoms with Gasteiger partial charge in [-0.25, -0.2) is 0 Å². The van der Waals surface area contributed by atoms with Gasteiger partial charge in [0.2, 0.25) is 0 Å². The highest BCUT2D eigenvalue weighted by atomic mass is 15.0. The molecular formula is C17H23N3. The van der Waals surface area contributed by atoms with Crippen LogP contribution in [0, 0.1) is 6.92 Å². The standard InChI is InChI=1S/C17H23N3/c1-12-11-17(13-7-5-6-9-15(13)19-12)20-16-10-4-2-3-8-14(16)18/h5-7,9,11,14,16H,2-4,8,10,18H2,1H3,(H,19,20). The fourth-order valence-electron chi connectivity index (χ4n) is 3.14. The van der Waals surface area contributed by atoms with Gasteiger partial charge in [0, 0.05) is 28.9 Å². The van der Waals surface area contributed by atoms with Crippen molar-refractivity contribution in [3.8, 4) is 0 Å². The Morgan fingerprint density at radius 1 is 1.15 bits per heavy atom. The van der Waals surface area contributed by atoms with Gasteiger partial charge in [0.15, 0.2) is 0 Å². The summed E-state index contributed by atoms with van der Waals surface area (Å²) in [5, 5.41) is 4.88. The van der Waals surface area contributed by atoms with Crippen LogP contribution < -0.4 is 11.1 Å². The Balaban J connectivity index is 1.93. The van der Waals surface area contributed by atoms with Crippen LogP contribution in [0.4, 0.5) is 5.69 Å². The first-order chi connectivity index (χ1) is 9.74. The number of hydrogen-bond acceptors (Lipinski definition) is 3. The normalized spacial score (nSPS) is 23.5. The summed E-state index contributed by atoms with van der Waals surface area (Å²) in [6.45, 7) is 2.05. The minimum atomic E-state index is 0.254. The van der Waals surface area contributed by atoms with Crippen LogP contribution in [-0.2, 0) is 0 Å². The lowest BCUT2D eigenvalue weighted by atomic mass is 10.0. The molecule has 1 aromatic carbocycles. The Bertz CT molecular complexity index is 594. The minimum Gasteiger partial charge on any atom is -0.380 e. The summed E-state index contributed by atoms with van der Waals surface area (Å²) < 4.78 is 0. The summed E-state index contributed by atoms with van der Waals surface area (Å²) in [5.74, 6) is 0. The SMILES string of the molecule is Cc1cc(NC2CCCCCC2N)c2ccccc2n1. The number of nitrogens with one attached hydrogen (secondary N) is 1. The highest BCUT2D eigenvalue weighted by Crippen LogP contribution is 2.26. The number of pyridine rings is 1. The van der Waals surface area contributed by atoms with E-state index in [1.54, 1.807) is 0 Å². The van der Waals surface area contributed by atoms with E-state index in [9.17, 15) is 0 Å². The van der Waals surface area contributed by atoms with Gasteiger partial charge in [0.05, 0.1) is 5.52 Å². The molecule has 1 aliphatic carbocycles. The molecule has 0 spiro atoms. The molecule has 1 saturated carbocycles. The predicted molar refractivity (Wildman–Crippen MR) is 85.0 cm³/mol. The zero-order chi connectivity index (χ0) is 13.9. The minimum absolute atomic E-state index is 0.254. The molecule has 3 nitrogen and oxygen atoms in total. The monoisotopic (exact) mass is 269 g/mol. The van der Waals surface area contributed by atoms with Crippen LogP contribution in [0.25, 0.3) is 10.9 Å². The summed E-state index contributed by atoms with van der Waals surface area (Å²) in [4.78, 5) is 4.60. The number of aromatic nitrogens is 1. The number of rotatable bonds is 2. The zero-order valence-corrected chi connectivity index (χ0v) is 12.1. The molecule has 3 rings (SSSR count). The summed E-state index contributed by atoms with van der Waals surface area (Å²) in [6.07, 6.45) is 6.13. The van der Waals surface area contributed by atoms with Gasteiger partial charge in [-0.05, 0) is 31.9 Å². The van der Waals surface area contributed by atoms with E-state index in [4.69, 9.17) is 5.73 Å². The molecule has 2 atom stereocenters. The van der Waals surface area contributed by atoms with E-state index in [1.165, 1.54) is 30.3 Å². The Hall–Kier alpha value is -1.61. The molecule has 3 N–H and O–H groups in total. The Morgan fingerprint density at radius 2 is 1.95 bits per heavy atom. The molecule has 106 valence electrons. The fraction of sp³-hybridized carbons (Fsp3) is 0.471. The lowest BCUT2D eigenvalue weighted by Gasteiger charge is -2.24. The van der Waals surface area contributed by atoms with Crippen molar-refractivity contribution in [1.82, 2.24) is 4.98 Å². The number of nitrogens with zero attached hydrogens (tertiary/aromatic N) is 1. The van der Waals surface area contributed by atoms with Crippen LogP contribution in [0.3, 0.4) is 0 Å². The molecule has 20 heavy (non-hydrogen) atoms. The zero-order valence-electron chi connectivity index (χ0n) is 12.1. The lowest BCUT2D eigenvalue weighted by Crippen LogP contribution is -2.39. The van der Waals surface area contributed by atoms with Crippen LogP contribution in [0.1, 0.15) is 37.8 Å². The van der Waals surface area contributed by atoms with E-state index in [0.717, 1.165) is 24.1 Å². The maximum absolute atomic E-state index is 6.33. The van der Waals surface area contributed by atoms with Gasteiger partial charge in [0.1, 0.15) is 0 Å². The molecule has 0 saturated heterocycles. The highest BCUT2D eigenvalue weighted by Gasteiger charge is 2.20. The second-order valence-corrected chi connectivity index (χ2v) is 5.88. The number of anilines is 1. The highest BCUT2D eigenvalue weighted by molar-refractivity contribution is 5.91. The van der Waals surface area contributed by atoms with E-state index in [2.05, 4.69) is 34.6 Å². The maximum Gasteiger partial charge on any atom is 0.0725 e.